The molecular formula is C22H25N3O3. The number of benzene rings is 1. The van der Waals surface area contributed by atoms with Crippen molar-refractivity contribution >= 4 is 11.8 Å². The zero-order valence-electron chi connectivity index (χ0n) is 16.1. The largest absolute Gasteiger partial charge is 0.493 e. The molecule has 6 heteroatoms. The summed E-state index contributed by atoms with van der Waals surface area (Å²) in [6.45, 7) is 3.72. The number of likely N-dealkylation sites (tertiary alicyclic amines) is 1. The Morgan fingerprint density at radius 2 is 2.14 bits per heavy atom. The maximum Gasteiger partial charge on any atom is 0.225 e. The first-order valence-electron chi connectivity index (χ1n) is 9.83. The van der Waals surface area contributed by atoms with E-state index in [0.29, 0.717) is 13.1 Å². The molecule has 2 aliphatic rings. The fraction of sp³-hybridized carbons (Fsp3) is 0.409. The van der Waals surface area contributed by atoms with Crippen molar-refractivity contribution in [2.45, 2.75) is 38.8 Å². The average molecular weight is 379 g/mol. The minimum Gasteiger partial charge on any atom is -0.493 e. The molecule has 0 radical (unpaired) electrons. The summed E-state index contributed by atoms with van der Waals surface area (Å²) >= 11 is 0. The maximum absolute atomic E-state index is 12.7. The van der Waals surface area contributed by atoms with E-state index in [0.717, 1.165) is 36.3 Å². The molecule has 146 valence electrons. The van der Waals surface area contributed by atoms with E-state index in [4.69, 9.17) is 4.74 Å². The molecule has 1 fully saturated rings. The lowest BCUT2D eigenvalue weighted by Crippen LogP contribution is -2.34. The number of fused-ring (bicyclic) bond motifs is 1. The number of carbonyl (C=O) groups excluding carboxylic acids is 2. The fourth-order valence-corrected chi connectivity index (χ4v) is 3.87. The number of hydrogen-bond acceptors (Lipinski definition) is 4. The van der Waals surface area contributed by atoms with Gasteiger partial charge in [0.15, 0.2) is 0 Å². The first-order valence-corrected chi connectivity index (χ1v) is 9.83. The van der Waals surface area contributed by atoms with Crippen molar-refractivity contribution in [2.75, 3.05) is 13.2 Å². The Balaban J connectivity index is 1.36. The van der Waals surface area contributed by atoms with E-state index in [1.807, 2.05) is 31.2 Å². The van der Waals surface area contributed by atoms with Crippen LogP contribution in [0.5, 0.6) is 5.75 Å². The topological polar surface area (TPSA) is 71.5 Å². The van der Waals surface area contributed by atoms with E-state index in [1.165, 1.54) is 5.56 Å². The second-order valence-electron chi connectivity index (χ2n) is 7.58. The van der Waals surface area contributed by atoms with E-state index in [1.54, 1.807) is 17.3 Å². The van der Waals surface area contributed by atoms with Gasteiger partial charge in [0.2, 0.25) is 11.8 Å². The molecule has 0 spiro atoms. The number of pyridine rings is 1. The normalized spacial score (nSPS) is 19.7. The predicted octanol–water partition coefficient (Wildman–Crippen LogP) is 2.63. The highest BCUT2D eigenvalue weighted by atomic mass is 16.5. The van der Waals surface area contributed by atoms with Crippen LogP contribution in [0.2, 0.25) is 0 Å². The van der Waals surface area contributed by atoms with Crippen LogP contribution in [0.1, 0.15) is 42.5 Å². The quantitative estimate of drug-likeness (QED) is 0.867. The summed E-state index contributed by atoms with van der Waals surface area (Å²) < 4.78 is 5.66. The monoisotopic (exact) mass is 379 g/mol. The minimum absolute atomic E-state index is 0.0237. The van der Waals surface area contributed by atoms with Crippen molar-refractivity contribution < 1.29 is 14.3 Å². The lowest BCUT2D eigenvalue weighted by molar-refractivity contribution is -0.129. The van der Waals surface area contributed by atoms with Crippen molar-refractivity contribution in [3.63, 3.8) is 0 Å². The molecule has 0 aliphatic carbocycles. The molecule has 6 nitrogen and oxygen atoms in total. The second-order valence-corrected chi connectivity index (χ2v) is 7.58. The van der Waals surface area contributed by atoms with E-state index >= 15 is 0 Å². The standard InChI is InChI=1S/C22H25N3O3/c1-15(17-4-5-20-18(11-17)3-2-10-28-20)24-22(27)19-12-21(26)25(14-19)13-16-6-8-23-9-7-16/h4-9,11,15,19H,2-3,10,12-14H2,1H3,(H,24,27)/t15-,19-/m1/s1. The molecule has 2 amide bonds. The van der Waals surface area contributed by atoms with Gasteiger partial charge in [-0.2, -0.15) is 0 Å². The van der Waals surface area contributed by atoms with Crippen LogP contribution < -0.4 is 10.1 Å². The van der Waals surface area contributed by atoms with Gasteiger partial charge in [-0.15, -0.1) is 0 Å². The highest BCUT2D eigenvalue weighted by molar-refractivity contribution is 5.89. The maximum atomic E-state index is 12.7. The van der Waals surface area contributed by atoms with E-state index in [9.17, 15) is 9.59 Å². The highest BCUT2D eigenvalue weighted by Crippen LogP contribution is 2.28. The summed E-state index contributed by atoms with van der Waals surface area (Å²) in [5.41, 5.74) is 3.29. The third-order valence-corrected chi connectivity index (χ3v) is 5.50. The van der Waals surface area contributed by atoms with Gasteiger partial charge in [0.1, 0.15) is 5.75 Å². The Morgan fingerprint density at radius 1 is 1.32 bits per heavy atom. The van der Waals surface area contributed by atoms with Gasteiger partial charge in [0.25, 0.3) is 0 Å². The Morgan fingerprint density at radius 3 is 2.96 bits per heavy atom. The minimum atomic E-state index is -0.308. The number of carbonyl (C=O) groups is 2. The van der Waals surface area contributed by atoms with Crippen molar-refractivity contribution in [1.29, 1.82) is 0 Å². The molecule has 1 aromatic heterocycles. The van der Waals surface area contributed by atoms with Gasteiger partial charge in [-0.05, 0) is 54.7 Å². The second kappa shape index (κ2) is 8.00. The van der Waals surface area contributed by atoms with Gasteiger partial charge >= 0.3 is 0 Å². The number of amides is 2. The summed E-state index contributed by atoms with van der Waals surface area (Å²) in [7, 11) is 0. The molecule has 2 aromatic rings. The van der Waals surface area contributed by atoms with Crippen molar-refractivity contribution in [3.8, 4) is 5.75 Å². The SMILES string of the molecule is C[C@@H](NC(=O)[C@@H]1CC(=O)N(Cc2ccncc2)C1)c1ccc2c(c1)CCCO2. The number of aromatic nitrogens is 1. The molecule has 3 heterocycles. The van der Waals surface area contributed by atoms with Gasteiger partial charge < -0.3 is 15.0 Å². The zero-order chi connectivity index (χ0) is 19.5. The first-order chi connectivity index (χ1) is 13.6. The first kappa shape index (κ1) is 18.5. The summed E-state index contributed by atoms with van der Waals surface area (Å²) in [5, 5.41) is 3.08. The number of nitrogens with one attached hydrogen (secondary N) is 1. The van der Waals surface area contributed by atoms with Gasteiger partial charge in [-0.25, -0.2) is 0 Å². The molecule has 1 saturated heterocycles. The summed E-state index contributed by atoms with van der Waals surface area (Å²) in [6.07, 6.45) is 5.72. The van der Waals surface area contributed by atoms with Crippen molar-refractivity contribution in [2.24, 2.45) is 5.92 Å². The van der Waals surface area contributed by atoms with Crippen LogP contribution in [0.15, 0.2) is 42.7 Å². The molecule has 2 atom stereocenters. The smallest absolute Gasteiger partial charge is 0.225 e. The number of rotatable bonds is 5. The Hall–Kier alpha value is -2.89. The van der Waals surface area contributed by atoms with Gasteiger partial charge in [-0.1, -0.05) is 12.1 Å². The van der Waals surface area contributed by atoms with Crippen molar-refractivity contribution in [3.05, 3.63) is 59.4 Å². The van der Waals surface area contributed by atoms with Gasteiger partial charge in [0, 0.05) is 31.9 Å². The van der Waals surface area contributed by atoms with E-state index in [-0.39, 0.29) is 30.2 Å². The van der Waals surface area contributed by atoms with Gasteiger partial charge in [0.05, 0.1) is 18.6 Å². The van der Waals surface area contributed by atoms with Crippen LogP contribution in [0.3, 0.4) is 0 Å². The lowest BCUT2D eigenvalue weighted by atomic mass is 9.99. The van der Waals surface area contributed by atoms with E-state index < -0.39 is 0 Å². The van der Waals surface area contributed by atoms with Crippen LogP contribution in [-0.4, -0.2) is 34.8 Å². The molecule has 1 aromatic carbocycles. The molecule has 0 saturated carbocycles. The zero-order valence-corrected chi connectivity index (χ0v) is 16.1. The van der Waals surface area contributed by atoms with Crippen LogP contribution >= 0.6 is 0 Å². The van der Waals surface area contributed by atoms with Crippen LogP contribution in [0.25, 0.3) is 0 Å². The number of nitrogens with zero attached hydrogens (tertiary/aromatic N) is 2. The van der Waals surface area contributed by atoms with Gasteiger partial charge in [-0.3, -0.25) is 14.6 Å². The molecule has 2 aliphatic heterocycles. The number of ether oxygens (including phenoxy) is 1. The summed E-state index contributed by atoms with van der Waals surface area (Å²) in [6, 6.07) is 9.79. The van der Waals surface area contributed by atoms with Crippen LogP contribution in [0.4, 0.5) is 0 Å². The predicted molar refractivity (Wildman–Crippen MR) is 105 cm³/mol. The molecule has 28 heavy (non-hydrogen) atoms. The highest BCUT2D eigenvalue weighted by Gasteiger charge is 2.34. The number of aryl methyl sites for hydroxylation is 1. The molecule has 1 N–H and O–H groups in total. The van der Waals surface area contributed by atoms with Crippen LogP contribution in [-0.2, 0) is 22.6 Å². The third kappa shape index (κ3) is 4.01. The molecule has 4 rings (SSSR count). The Kier molecular flexibility index (Phi) is 5.28. The Bertz CT molecular complexity index is 869. The Labute approximate surface area is 164 Å². The van der Waals surface area contributed by atoms with E-state index in [2.05, 4.69) is 16.4 Å². The third-order valence-electron chi connectivity index (χ3n) is 5.50. The molecular weight excluding hydrogens is 354 g/mol. The number of hydrogen-bond donors (Lipinski definition) is 1. The summed E-state index contributed by atoms with van der Waals surface area (Å²) in [5.74, 6) is 0.599. The van der Waals surface area contributed by atoms with Crippen molar-refractivity contribution in [1.82, 2.24) is 15.2 Å². The fourth-order valence-electron chi connectivity index (χ4n) is 3.87. The summed E-state index contributed by atoms with van der Waals surface area (Å²) in [4.78, 5) is 30.8. The van der Waals surface area contributed by atoms with Crippen LogP contribution in [0, 0.1) is 5.92 Å². The average Bonchev–Trinajstić information content (AvgIpc) is 3.09. The molecule has 0 bridgehead atoms. The molecule has 0 unspecified atom stereocenters. The lowest BCUT2D eigenvalue weighted by Gasteiger charge is -2.21.